The highest BCUT2D eigenvalue weighted by Gasteiger charge is 2.20. The molecule has 2 aromatic rings. The first-order valence-corrected chi connectivity index (χ1v) is 11.1. The zero-order chi connectivity index (χ0) is 21.0. The van der Waals surface area contributed by atoms with E-state index >= 15 is 0 Å². The van der Waals surface area contributed by atoms with Crippen molar-refractivity contribution in [2.75, 3.05) is 29.9 Å². The number of carbonyl (C=O) groups excluding carboxylic acids is 2. The molecule has 2 amide bonds. The van der Waals surface area contributed by atoms with Crippen molar-refractivity contribution in [1.82, 2.24) is 4.90 Å². The summed E-state index contributed by atoms with van der Waals surface area (Å²) in [5.41, 5.74) is 3.13. The van der Waals surface area contributed by atoms with Crippen LogP contribution in [0.15, 0.2) is 36.4 Å². The van der Waals surface area contributed by atoms with E-state index in [0.717, 1.165) is 35.7 Å². The van der Waals surface area contributed by atoms with Crippen LogP contribution in [0.25, 0.3) is 0 Å². The molecule has 5 nitrogen and oxygen atoms in total. The Morgan fingerprint density at radius 2 is 1.86 bits per heavy atom. The summed E-state index contributed by atoms with van der Waals surface area (Å²) in [6.45, 7) is 7.04. The number of hydrogen-bond donors (Lipinski definition) is 1. The highest BCUT2D eigenvalue weighted by Crippen LogP contribution is 2.27. The van der Waals surface area contributed by atoms with Gasteiger partial charge in [-0.15, -0.1) is 0 Å². The molecular weight excluding hydrogens is 408 g/mol. The normalized spacial score (nSPS) is 15.0. The first-order valence-electron chi connectivity index (χ1n) is 9.56. The molecule has 1 aliphatic rings. The Morgan fingerprint density at radius 1 is 1.14 bits per heavy atom. The van der Waals surface area contributed by atoms with Crippen molar-refractivity contribution in [3.8, 4) is 5.75 Å². The molecule has 0 radical (unpaired) electrons. The molecule has 3 rings (SSSR count). The molecule has 2 aromatic carbocycles. The van der Waals surface area contributed by atoms with Gasteiger partial charge in [-0.2, -0.15) is 11.8 Å². The zero-order valence-corrected chi connectivity index (χ0v) is 18.4. The highest BCUT2D eigenvalue weighted by molar-refractivity contribution is 7.99. The number of thioether (sulfide) groups is 1. The fraction of sp³-hybridized carbons (Fsp3) is 0.364. The van der Waals surface area contributed by atoms with E-state index in [1.807, 2.05) is 42.6 Å². The third kappa shape index (κ3) is 5.46. The number of amides is 2. The predicted octanol–water partition coefficient (Wildman–Crippen LogP) is 4.55. The van der Waals surface area contributed by atoms with E-state index in [9.17, 15) is 9.59 Å². The summed E-state index contributed by atoms with van der Waals surface area (Å²) in [6, 6.07) is 10.8. The number of ether oxygens (including phenoxy) is 1. The lowest BCUT2D eigenvalue weighted by atomic mass is 10.1. The first-order chi connectivity index (χ1) is 13.8. The molecule has 0 aromatic heterocycles. The summed E-state index contributed by atoms with van der Waals surface area (Å²) in [6.07, 6.45) is -0.721. The lowest BCUT2D eigenvalue weighted by Gasteiger charge is -2.26. The van der Waals surface area contributed by atoms with Crippen LogP contribution >= 0.6 is 23.4 Å². The Hall–Kier alpha value is -2.18. The van der Waals surface area contributed by atoms with E-state index < -0.39 is 6.10 Å². The SMILES string of the molecule is Cc1ccc(Cl)c(OC(C)C(=O)Nc2ccc(C(=O)N3CCSCC3)cc2C)c1. The second kappa shape index (κ2) is 9.55. The van der Waals surface area contributed by atoms with Crippen LogP contribution < -0.4 is 10.1 Å². The van der Waals surface area contributed by atoms with Crippen molar-refractivity contribution >= 4 is 40.9 Å². The number of nitrogens with one attached hydrogen (secondary N) is 1. The Bertz CT molecular complexity index is 913. The predicted molar refractivity (Wildman–Crippen MR) is 119 cm³/mol. The van der Waals surface area contributed by atoms with E-state index in [0.29, 0.717) is 22.0 Å². The number of benzene rings is 2. The second-order valence-corrected chi connectivity index (χ2v) is 8.75. The van der Waals surface area contributed by atoms with Gasteiger partial charge < -0.3 is 15.0 Å². The maximum atomic E-state index is 12.7. The quantitative estimate of drug-likeness (QED) is 0.752. The van der Waals surface area contributed by atoms with Gasteiger partial charge in [0.2, 0.25) is 0 Å². The van der Waals surface area contributed by atoms with E-state index in [2.05, 4.69) is 5.32 Å². The van der Waals surface area contributed by atoms with Gasteiger partial charge in [0.15, 0.2) is 6.10 Å². The Morgan fingerprint density at radius 3 is 2.55 bits per heavy atom. The molecule has 0 saturated carbocycles. The van der Waals surface area contributed by atoms with Crippen molar-refractivity contribution in [3.63, 3.8) is 0 Å². The van der Waals surface area contributed by atoms with Gasteiger partial charge in [-0.25, -0.2) is 0 Å². The van der Waals surface area contributed by atoms with Gasteiger partial charge in [0.05, 0.1) is 5.02 Å². The van der Waals surface area contributed by atoms with Gasteiger partial charge in [-0.3, -0.25) is 9.59 Å². The van der Waals surface area contributed by atoms with Gasteiger partial charge in [0.25, 0.3) is 11.8 Å². The lowest BCUT2D eigenvalue weighted by Crippen LogP contribution is -2.37. The fourth-order valence-corrected chi connectivity index (χ4v) is 4.13. The average molecular weight is 433 g/mol. The fourth-order valence-electron chi connectivity index (χ4n) is 3.07. The maximum absolute atomic E-state index is 12.7. The molecule has 0 bridgehead atoms. The molecule has 7 heteroatoms. The van der Waals surface area contributed by atoms with Crippen molar-refractivity contribution in [3.05, 3.63) is 58.1 Å². The van der Waals surface area contributed by atoms with Gasteiger partial charge in [0.1, 0.15) is 5.75 Å². The molecule has 1 heterocycles. The molecule has 1 saturated heterocycles. The summed E-state index contributed by atoms with van der Waals surface area (Å²) in [5.74, 6) is 2.19. The molecule has 1 atom stereocenters. The first kappa shape index (κ1) is 21.5. The number of halogens is 1. The molecule has 1 aliphatic heterocycles. The molecule has 1 unspecified atom stereocenters. The van der Waals surface area contributed by atoms with Crippen LogP contribution in [-0.2, 0) is 4.79 Å². The van der Waals surface area contributed by atoms with Crippen molar-refractivity contribution in [2.24, 2.45) is 0 Å². The van der Waals surface area contributed by atoms with Crippen molar-refractivity contribution in [2.45, 2.75) is 26.9 Å². The van der Waals surface area contributed by atoms with Crippen LogP contribution in [0.4, 0.5) is 5.69 Å². The molecule has 0 spiro atoms. The summed E-state index contributed by atoms with van der Waals surface area (Å²) in [4.78, 5) is 27.1. The second-order valence-electron chi connectivity index (χ2n) is 7.12. The third-order valence-electron chi connectivity index (χ3n) is 4.79. The van der Waals surface area contributed by atoms with Crippen LogP contribution in [0.2, 0.25) is 5.02 Å². The van der Waals surface area contributed by atoms with Gasteiger partial charge in [-0.05, 0) is 62.2 Å². The lowest BCUT2D eigenvalue weighted by molar-refractivity contribution is -0.122. The summed E-state index contributed by atoms with van der Waals surface area (Å²) >= 11 is 8.01. The van der Waals surface area contributed by atoms with E-state index in [4.69, 9.17) is 16.3 Å². The van der Waals surface area contributed by atoms with E-state index in [-0.39, 0.29) is 11.8 Å². The Labute approximate surface area is 180 Å². The average Bonchev–Trinajstić information content (AvgIpc) is 2.72. The molecule has 0 aliphatic carbocycles. The van der Waals surface area contributed by atoms with Crippen LogP contribution in [0, 0.1) is 13.8 Å². The van der Waals surface area contributed by atoms with Crippen LogP contribution in [0.5, 0.6) is 5.75 Å². The number of carbonyl (C=O) groups is 2. The highest BCUT2D eigenvalue weighted by atomic mass is 35.5. The molecule has 29 heavy (non-hydrogen) atoms. The number of aryl methyl sites for hydroxylation is 2. The van der Waals surface area contributed by atoms with Crippen molar-refractivity contribution < 1.29 is 14.3 Å². The molecular formula is C22H25ClN2O3S. The number of nitrogens with zero attached hydrogens (tertiary/aromatic N) is 1. The van der Waals surface area contributed by atoms with E-state index in [1.165, 1.54) is 0 Å². The molecule has 154 valence electrons. The maximum Gasteiger partial charge on any atom is 0.265 e. The van der Waals surface area contributed by atoms with Crippen LogP contribution in [0.3, 0.4) is 0 Å². The number of rotatable bonds is 5. The molecule has 1 N–H and O–H groups in total. The smallest absolute Gasteiger partial charge is 0.265 e. The zero-order valence-electron chi connectivity index (χ0n) is 16.8. The van der Waals surface area contributed by atoms with Gasteiger partial charge in [0, 0.05) is 35.8 Å². The Kier molecular flexibility index (Phi) is 7.09. The minimum Gasteiger partial charge on any atom is -0.479 e. The largest absolute Gasteiger partial charge is 0.479 e. The van der Waals surface area contributed by atoms with Gasteiger partial charge >= 0.3 is 0 Å². The van der Waals surface area contributed by atoms with E-state index in [1.54, 1.807) is 31.2 Å². The number of hydrogen-bond acceptors (Lipinski definition) is 4. The van der Waals surface area contributed by atoms with Crippen LogP contribution in [0.1, 0.15) is 28.4 Å². The summed E-state index contributed by atoms with van der Waals surface area (Å²) < 4.78 is 5.73. The van der Waals surface area contributed by atoms with Crippen molar-refractivity contribution in [1.29, 1.82) is 0 Å². The minimum absolute atomic E-state index is 0.0390. The summed E-state index contributed by atoms with van der Waals surface area (Å²) in [5, 5.41) is 3.34. The molecule has 1 fully saturated rings. The Balaban J connectivity index is 1.65. The van der Waals surface area contributed by atoms with Crippen LogP contribution in [-0.4, -0.2) is 47.4 Å². The van der Waals surface area contributed by atoms with Gasteiger partial charge in [-0.1, -0.05) is 17.7 Å². The number of anilines is 1. The minimum atomic E-state index is -0.721. The third-order valence-corrected chi connectivity index (χ3v) is 6.04. The monoisotopic (exact) mass is 432 g/mol. The standard InChI is InChI=1S/C22H25ClN2O3S/c1-14-4-6-18(23)20(12-14)28-16(3)21(26)24-19-7-5-17(13-15(19)2)22(27)25-8-10-29-11-9-25/h4-7,12-13,16H,8-11H2,1-3H3,(H,24,26). The summed E-state index contributed by atoms with van der Waals surface area (Å²) in [7, 11) is 0. The topological polar surface area (TPSA) is 58.6 Å².